The monoisotopic (exact) mass is 480 g/mol. The van der Waals surface area contributed by atoms with Gasteiger partial charge in [0.15, 0.2) is 0 Å². The lowest BCUT2D eigenvalue weighted by Crippen LogP contribution is -2.57. The van der Waals surface area contributed by atoms with Crippen LogP contribution in [-0.4, -0.2) is 66.0 Å². The number of nitrogens with zero attached hydrogens (tertiary/aromatic N) is 2. The average Bonchev–Trinajstić information content (AvgIpc) is 2.86. The van der Waals surface area contributed by atoms with Crippen molar-refractivity contribution in [2.45, 2.75) is 58.2 Å². The maximum Gasteiger partial charge on any atom is 0.229 e. The van der Waals surface area contributed by atoms with E-state index in [0.29, 0.717) is 25.2 Å². The van der Waals surface area contributed by atoms with E-state index in [0.717, 1.165) is 50.2 Å². The summed E-state index contributed by atoms with van der Waals surface area (Å²) < 4.78 is 5.21. The zero-order chi connectivity index (χ0) is 25.2. The van der Waals surface area contributed by atoms with Crippen LogP contribution in [0.5, 0.6) is 5.75 Å². The first kappa shape index (κ1) is 26.9. The maximum absolute atomic E-state index is 13.7. The third-order valence-corrected chi connectivity index (χ3v) is 6.85. The Labute approximate surface area is 209 Å². The number of aliphatic hydroxyl groups excluding tert-OH is 1. The molecule has 0 spiro atoms. The number of benzene rings is 2. The highest BCUT2D eigenvalue weighted by molar-refractivity contribution is 5.83. The molecule has 0 bridgehead atoms. The molecule has 1 N–H and O–H groups in total. The van der Waals surface area contributed by atoms with Crippen LogP contribution in [0.15, 0.2) is 54.6 Å². The minimum Gasteiger partial charge on any atom is -0.497 e. The van der Waals surface area contributed by atoms with E-state index in [9.17, 15) is 14.7 Å². The van der Waals surface area contributed by atoms with Crippen LogP contribution in [0, 0.1) is 11.8 Å². The quantitative estimate of drug-likeness (QED) is 0.466. The van der Waals surface area contributed by atoms with Gasteiger partial charge in [-0.15, -0.1) is 0 Å². The summed E-state index contributed by atoms with van der Waals surface area (Å²) in [5.41, 5.74) is 2.41. The Morgan fingerprint density at radius 1 is 1.09 bits per heavy atom. The van der Waals surface area contributed by atoms with Crippen LogP contribution in [-0.2, 0) is 22.6 Å². The molecular formula is C29H40N2O4. The molecule has 1 heterocycles. The lowest BCUT2D eigenvalue weighted by Gasteiger charge is -2.43. The van der Waals surface area contributed by atoms with Crippen LogP contribution in [0.25, 0.3) is 0 Å². The number of ether oxygens (including phenoxy) is 1. The third-order valence-electron chi connectivity index (χ3n) is 6.85. The smallest absolute Gasteiger partial charge is 0.229 e. The average molecular weight is 481 g/mol. The molecule has 0 aliphatic carbocycles. The summed E-state index contributed by atoms with van der Waals surface area (Å²) in [7, 11) is 1.64. The summed E-state index contributed by atoms with van der Waals surface area (Å²) >= 11 is 0. The van der Waals surface area contributed by atoms with Gasteiger partial charge in [-0.1, -0.05) is 56.3 Å². The van der Waals surface area contributed by atoms with Crippen molar-refractivity contribution in [3.63, 3.8) is 0 Å². The number of methoxy groups -OCH3 is 1. The molecule has 0 aromatic heterocycles. The summed E-state index contributed by atoms with van der Waals surface area (Å²) in [6.07, 6.45) is 2.10. The van der Waals surface area contributed by atoms with Crippen LogP contribution < -0.4 is 4.74 Å². The SMILES string of the molecule is COc1ccc(CCC[C@@H](C(=O)N2CCN(Cc3ccccc3)C[C@@H]2CC(C)C)[C@H](O)C=O)cc1. The normalized spacial score (nSPS) is 18.3. The topological polar surface area (TPSA) is 70.1 Å². The number of rotatable bonds is 12. The Balaban J connectivity index is 1.65. The molecule has 1 fully saturated rings. The fraction of sp³-hybridized carbons (Fsp3) is 0.517. The molecule has 1 aliphatic heterocycles. The predicted octanol–water partition coefficient (Wildman–Crippen LogP) is 3.95. The van der Waals surface area contributed by atoms with Gasteiger partial charge < -0.3 is 19.5 Å². The van der Waals surface area contributed by atoms with Crippen LogP contribution in [0.4, 0.5) is 0 Å². The van der Waals surface area contributed by atoms with Gasteiger partial charge in [-0.25, -0.2) is 0 Å². The largest absolute Gasteiger partial charge is 0.497 e. The molecule has 1 aliphatic rings. The van der Waals surface area contributed by atoms with Gasteiger partial charge in [-0.3, -0.25) is 9.69 Å². The standard InChI is InChI=1S/C29H40N2O4/c1-22(2)18-25-20-30(19-24-8-5-4-6-9-24)16-17-31(25)29(34)27(28(33)21-32)11-7-10-23-12-14-26(35-3)15-13-23/h4-6,8-9,12-15,21-22,25,27-28,33H,7,10-11,16-20H2,1-3H3/t25-,27+,28+/m0/s1. The van der Waals surface area contributed by atoms with Crippen LogP contribution >= 0.6 is 0 Å². The Morgan fingerprint density at radius 3 is 2.43 bits per heavy atom. The second-order valence-electron chi connectivity index (χ2n) is 10.0. The van der Waals surface area contributed by atoms with Gasteiger partial charge >= 0.3 is 0 Å². The second-order valence-corrected chi connectivity index (χ2v) is 10.0. The van der Waals surface area contributed by atoms with Crippen molar-refractivity contribution < 1.29 is 19.4 Å². The van der Waals surface area contributed by atoms with Crippen molar-refractivity contribution in [3.8, 4) is 5.75 Å². The highest BCUT2D eigenvalue weighted by Crippen LogP contribution is 2.25. The minimum atomic E-state index is -1.28. The van der Waals surface area contributed by atoms with Crippen LogP contribution in [0.3, 0.4) is 0 Å². The first-order chi connectivity index (χ1) is 16.9. The van der Waals surface area contributed by atoms with Gasteiger partial charge in [0.2, 0.25) is 5.91 Å². The zero-order valence-corrected chi connectivity index (χ0v) is 21.3. The van der Waals surface area contributed by atoms with Crippen molar-refractivity contribution in [2.75, 3.05) is 26.7 Å². The van der Waals surface area contributed by atoms with E-state index < -0.39 is 12.0 Å². The van der Waals surface area contributed by atoms with Crippen LogP contribution in [0.2, 0.25) is 0 Å². The van der Waals surface area contributed by atoms with Crippen LogP contribution in [0.1, 0.15) is 44.2 Å². The van der Waals surface area contributed by atoms with E-state index in [1.165, 1.54) is 5.56 Å². The summed E-state index contributed by atoms with van der Waals surface area (Å²) in [6, 6.07) is 18.3. The Kier molecular flexibility index (Phi) is 10.3. The fourth-order valence-electron chi connectivity index (χ4n) is 5.01. The molecule has 3 rings (SSSR count). The van der Waals surface area contributed by atoms with Crippen molar-refractivity contribution in [1.82, 2.24) is 9.80 Å². The van der Waals surface area contributed by atoms with Crippen molar-refractivity contribution in [3.05, 3.63) is 65.7 Å². The molecule has 2 aromatic rings. The van der Waals surface area contributed by atoms with Gasteiger partial charge in [-0.05, 0) is 54.9 Å². The van der Waals surface area contributed by atoms with Crippen molar-refractivity contribution >= 4 is 12.2 Å². The molecule has 6 nitrogen and oxygen atoms in total. The molecule has 1 saturated heterocycles. The molecule has 2 aromatic carbocycles. The van der Waals surface area contributed by atoms with E-state index in [1.807, 2.05) is 35.2 Å². The highest BCUT2D eigenvalue weighted by Gasteiger charge is 2.36. The maximum atomic E-state index is 13.7. The summed E-state index contributed by atoms with van der Waals surface area (Å²) in [6.45, 7) is 7.40. The van der Waals surface area contributed by atoms with Gasteiger partial charge in [0.1, 0.15) is 18.1 Å². The molecule has 35 heavy (non-hydrogen) atoms. The lowest BCUT2D eigenvalue weighted by atomic mass is 9.91. The first-order valence-corrected chi connectivity index (χ1v) is 12.7. The number of piperazine rings is 1. The van der Waals surface area contributed by atoms with Gasteiger partial charge in [0, 0.05) is 32.2 Å². The number of aldehydes is 1. The molecule has 0 unspecified atom stereocenters. The third kappa shape index (κ3) is 7.91. The Hall–Kier alpha value is -2.70. The zero-order valence-electron chi connectivity index (χ0n) is 21.3. The van der Waals surface area contributed by atoms with Gasteiger partial charge in [-0.2, -0.15) is 0 Å². The molecular weight excluding hydrogens is 440 g/mol. The van der Waals surface area contributed by atoms with Gasteiger partial charge in [0.05, 0.1) is 13.0 Å². The van der Waals surface area contributed by atoms with Gasteiger partial charge in [0.25, 0.3) is 0 Å². The Morgan fingerprint density at radius 2 is 1.80 bits per heavy atom. The van der Waals surface area contributed by atoms with E-state index in [-0.39, 0.29) is 11.9 Å². The second kappa shape index (κ2) is 13.4. The summed E-state index contributed by atoms with van der Waals surface area (Å²) in [5, 5.41) is 10.5. The van der Waals surface area contributed by atoms with E-state index >= 15 is 0 Å². The first-order valence-electron chi connectivity index (χ1n) is 12.7. The number of carbonyl (C=O) groups is 2. The predicted molar refractivity (Wildman–Crippen MR) is 138 cm³/mol. The molecule has 0 radical (unpaired) electrons. The molecule has 0 saturated carbocycles. The fourth-order valence-corrected chi connectivity index (χ4v) is 5.01. The van der Waals surface area contributed by atoms with Crippen molar-refractivity contribution in [1.29, 1.82) is 0 Å². The van der Waals surface area contributed by atoms with Crippen molar-refractivity contribution in [2.24, 2.45) is 11.8 Å². The summed E-state index contributed by atoms with van der Waals surface area (Å²) in [4.78, 5) is 29.5. The number of carbonyl (C=O) groups excluding carboxylic acids is 2. The van der Waals surface area contributed by atoms with E-state index in [4.69, 9.17) is 4.74 Å². The number of hydrogen-bond acceptors (Lipinski definition) is 5. The molecule has 1 amide bonds. The van der Waals surface area contributed by atoms with E-state index in [1.54, 1.807) is 7.11 Å². The number of amides is 1. The molecule has 190 valence electrons. The highest BCUT2D eigenvalue weighted by atomic mass is 16.5. The summed E-state index contributed by atoms with van der Waals surface area (Å²) in [5.74, 6) is 0.447. The molecule has 3 atom stereocenters. The van der Waals surface area contributed by atoms with E-state index in [2.05, 4.69) is 43.0 Å². The number of aliphatic hydroxyl groups is 1. The molecule has 6 heteroatoms. The lowest BCUT2D eigenvalue weighted by molar-refractivity contribution is -0.147. The number of hydrogen-bond donors (Lipinski definition) is 1. The Bertz CT molecular complexity index is 916. The number of aryl methyl sites for hydroxylation is 1. The minimum absolute atomic E-state index is 0.0721.